The van der Waals surface area contributed by atoms with Crippen LogP contribution in [0.4, 0.5) is 0 Å². The number of rotatable bonds is 65. The van der Waals surface area contributed by atoms with Gasteiger partial charge in [-0.25, -0.2) is 9.13 Å². The van der Waals surface area contributed by atoms with Crippen molar-refractivity contribution >= 4 is 39.5 Å². The lowest BCUT2D eigenvalue weighted by Gasteiger charge is -2.21. The Labute approximate surface area is 517 Å². The molecule has 0 fully saturated rings. The molecule has 7 atom stereocenters. The second-order valence-corrected chi connectivity index (χ2v) is 27.2. The number of ether oxygens (including phenoxy) is 4. The molecule has 0 aliphatic heterocycles. The minimum Gasteiger partial charge on any atom is -0.462 e. The summed E-state index contributed by atoms with van der Waals surface area (Å²) in [7, 11) is -9.88. The van der Waals surface area contributed by atoms with Crippen LogP contribution in [-0.2, 0) is 65.4 Å². The summed E-state index contributed by atoms with van der Waals surface area (Å²) in [6.45, 7) is 9.33. The van der Waals surface area contributed by atoms with Gasteiger partial charge in [-0.05, 0) is 37.5 Å². The summed E-state index contributed by atoms with van der Waals surface area (Å²) in [6, 6.07) is 0. The van der Waals surface area contributed by atoms with E-state index in [9.17, 15) is 43.2 Å². The molecule has 19 heteroatoms. The second kappa shape index (κ2) is 58.4. The number of unbranched alkanes of at least 4 members (excludes halogenated alkanes) is 33. The smallest absolute Gasteiger partial charge is 0.462 e. The van der Waals surface area contributed by atoms with Crippen molar-refractivity contribution in [1.82, 2.24) is 0 Å². The fourth-order valence-corrected chi connectivity index (χ4v) is 11.4. The third kappa shape index (κ3) is 58.2. The van der Waals surface area contributed by atoms with Gasteiger partial charge in [-0.2, -0.15) is 0 Å². The topological polar surface area (TPSA) is 237 Å². The Hall–Kier alpha value is -1.94. The molecule has 0 heterocycles. The normalized spacial score (nSPS) is 14.9. The number of aliphatic hydroxyl groups is 1. The lowest BCUT2D eigenvalue weighted by molar-refractivity contribution is -0.161. The quantitative estimate of drug-likeness (QED) is 0.0222. The molecule has 0 spiro atoms. The van der Waals surface area contributed by atoms with Crippen molar-refractivity contribution in [2.75, 3.05) is 39.6 Å². The first-order valence-corrected chi connectivity index (χ1v) is 37.6. The number of phosphoric acid groups is 2. The average molecular weight is 1260 g/mol. The van der Waals surface area contributed by atoms with E-state index in [1.165, 1.54) is 135 Å². The molecular formula is C66H128O17P2. The molecule has 0 saturated heterocycles. The Kier molecular flexibility index (Phi) is 57.1. The van der Waals surface area contributed by atoms with Crippen LogP contribution in [0, 0.1) is 11.8 Å². The van der Waals surface area contributed by atoms with E-state index in [4.69, 9.17) is 37.0 Å². The second-order valence-electron chi connectivity index (χ2n) is 24.3. The highest BCUT2D eigenvalue weighted by molar-refractivity contribution is 7.47. The Morgan fingerprint density at radius 1 is 0.329 bits per heavy atom. The molecule has 17 nitrogen and oxygen atoms in total. The molecule has 0 aromatic heterocycles. The molecule has 0 amide bonds. The van der Waals surface area contributed by atoms with Gasteiger partial charge in [0, 0.05) is 25.7 Å². The van der Waals surface area contributed by atoms with E-state index >= 15 is 0 Å². The molecule has 85 heavy (non-hydrogen) atoms. The fraction of sp³-hybridized carbons (Fsp3) is 0.939. The zero-order valence-electron chi connectivity index (χ0n) is 54.9. The van der Waals surface area contributed by atoms with Crippen molar-refractivity contribution in [3.05, 3.63) is 0 Å². The van der Waals surface area contributed by atoms with Gasteiger partial charge in [0.25, 0.3) is 0 Å². The molecule has 0 aromatic rings. The summed E-state index contributed by atoms with van der Waals surface area (Å²) in [5, 5.41) is 10.5. The zero-order chi connectivity index (χ0) is 62.9. The Bertz CT molecular complexity index is 1670. The summed E-state index contributed by atoms with van der Waals surface area (Å²) in [5.41, 5.74) is 0. The van der Waals surface area contributed by atoms with E-state index in [-0.39, 0.29) is 25.7 Å². The SMILES string of the molecule is CCCCCCCCCCCCCCCCCCCCCCC(=O)O[C@H](COC(=O)CCCCCCCCC(C)CC)COP(=O)(O)OC[C@@H](O)COP(=O)(O)OC[C@@H](COC(=O)CCCCCCC)OC(=O)CCCCCCCCC(C)CC. The van der Waals surface area contributed by atoms with Gasteiger partial charge in [0.1, 0.15) is 19.3 Å². The van der Waals surface area contributed by atoms with Gasteiger partial charge in [0.15, 0.2) is 12.2 Å². The molecule has 0 aromatic carbocycles. The van der Waals surface area contributed by atoms with Crippen LogP contribution < -0.4 is 0 Å². The first kappa shape index (κ1) is 83.1. The summed E-state index contributed by atoms with van der Waals surface area (Å²) >= 11 is 0. The van der Waals surface area contributed by atoms with E-state index in [0.717, 1.165) is 115 Å². The number of hydrogen-bond acceptors (Lipinski definition) is 15. The van der Waals surface area contributed by atoms with E-state index < -0.39 is 97.5 Å². The van der Waals surface area contributed by atoms with Crippen LogP contribution in [0.25, 0.3) is 0 Å². The summed E-state index contributed by atoms with van der Waals surface area (Å²) in [6.07, 6.45) is 42.3. The molecule has 0 bridgehead atoms. The summed E-state index contributed by atoms with van der Waals surface area (Å²) < 4.78 is 67.8. The number of carbonyl (C=O) groups excluding carboxylic acids is 4. The predicted octanol–water partition coefficient (Wildman–Crippen LogP) is 18.4. The minimum absolute atomic E-state index is 0.102. The molecule has 504 valence electrons. The number of esters is 4. The maximum Gasteiger partial charge on any atom is 0.472 e. The van der Waals surface area contributed by atoms with Gasteiger partial charge in [0.2, 0.25) is 0 Å². The molecule has 0 aliphatic rings. The van der Waals surface area contributed by atoms with Crippen molar-refractivity contribution in [1.29, 1.82) is 0 Å². The highest BCUT2D eigenvalue weighted by Gasteiger charge is 2.30. The van der Waals surface area contributed by atoms with Crippen molar-refractivity contribution in [3.63, 3.8) is 0 Å². The van der Waals surface area contributed by atoms with Crippen LogP contribution in [0.2, 0.25) is 0 Å². The molecular weight excluding hydrogens is 1130 g/mol. The van der Waals surface area contributed by atoms with Crippen LogP contribution in [0.15, 0.2) is 0 Å². The maximum atomic E-state index is 13.0. The van der Waals surface area contributed by atoms with Crippen molar-refractivity contribution < 1.29 is 80.2 Å². The Morgan fingerprint density at radius 3 is 0.835 bits per heavy atom. The van der Waals surface area contributed by atoms with Gasteiger partial charge in [-0.15, -0.1) is 0 Å². The van der Waals surface area contributed by atoms with Crippen LogP contribution in [0.5, 0.6) is 0 Å². The van der Waals surface area contributed by atoms with Crippen LogP contribution in [0.3, 0.4) is 0 Å². The molecule has 0 rings (SSSR count). The minimum atomic E-state index is -4.95. The lowest BCUT2D eigenvalue weighted by Crippen LogP contribution is -2.30. The number of hydrogen-bond donors (Lipinski definition) is 3. The molecule has 0 aliphatic carbocycles. The Balaban J connectivity index is 5.10. The number of carbonyl (C=O) groups is 4. The molecule has 0 saturated carbocycles. The number of phosphoric ester groups is 2. The van der Waals surface area contributed by atoms with Gasteiger partial charge in [0.05, 0.1) is 26.4 Å². The highest BCUT2D eigenvalue weighted by Crippen LogP contribution is 2.45. The molecule has 0 radical (unpaired) electrons. The van der Waals surface area contributed by atoms with Gasteiger partial charge in [-0.3, -0.25) is 37.3 Å². The van der Waals surface area contributed by atoms with E-state index in [1.54, 1.807) is 0 Å². The standard InChI is InChI=1S/C66H128O17P2/c1-7-11-13-15-16-17-18-19-20-21-22-23-24-25-26-27-28-29-38-44-50-65(70)82-62(55-77-64(69)49-43-37-32-30-35-40-46-58(5)9-3)57-81-85(74,75)79-53-60(67)52-78-84(72,73)80-56-61(54-76-63(68)48-42-34-14-12-8-2)83-66(71)51-45-39-33-31-36-41-47-59(6)10-4/h58-62,67H,7-57H2,1-6H3,(H,72,73)(H,74,75)/t58?,59?,60-,61+,62+/m0/s1. The first-order chi connectivity index (χ1) is 40.9. The van der Waals surface area contributed by atoms with Crippen LogP contribution >= 0.6 is 15.6 Å². The van der Waals surface area contributed by atoms with Gasteiger partial charge in [-0.1, -0.05) is 279 Å². The van der Waals surface area contributed by atoms with E-state index in [0.29, 0.717) is 25.7 Å². The van der Waals surface area contributed by atoms with Crippen LogP contribution in [-0.4, -0.2) is 96.7 Å². The average Bonchev–Trinajstić information content (AvgIpc) is 3.61. The highest BCUT2D eigenvalue weighted by atomic mass is 31.2. The van der Waals surface area contributed by atoms with Crippen molar-refractivity contribution in [2.45, 2.75) is 349 Å². The Morgan fingerprint density at radius 2 is 0.565 bits per heavy atom. The monoisotopic (exact) mass is 1250 g/mol. The van der Waals surface area contributed by atoms with Crippen LogP contribution in [0.1, 0.15) is 330 Å². The van der Waals surface area contributed by atoms with Crippen molar-refractivity contribution in [2.24, 2.45) is 11.8 Å². The predicted molar refractivity (Wildman–Crippen MR) is 340 cm³/mol. The molecule has 4 unspecified atom stereocenters. The van der Waals surface area contributed by atoms with Gasteiger partial charge < -0.3 is 33.8 Å². The summed E-state index contributed by atoms with van der Waals surface area (Å²) in [5.74, 6) is -0.695. The third-order valence-electron chi connectivity index (χ3n) is 15.9. The van der Waals surface area contributed by atoms with E-state index in [1.807, 2.05) is 0 Å². The zero-order valence-corrected chi connectivity index (χ0v) is 56.7. The van der Waals surface area contributed by atoms with Crippen molar-refractivity contribution in [3.8, 4) is 0 Å². The first-order valence-electron chi connectivity index (χ1n) is 34.6. The van der Waals surface area contributed by atoms with Gasteiger partial charge >= 0.3 is 39.5 Å². The summed E-state index contributed by atoms with van der Waals surface area (Å²) in [4.78, 5) is 72.0. The third-order valence-corrected chi connectivity index (χ3v) is 17.8. The maximum absolute atomic E-state index is 13.0. The fourth-order valence-electron chi connectivity index (χ4n) is 9.82. The molecule has 3 N–H and O–H groups in total. The van der Waals surface area contributed by atoms with E-state index in [2.05, 4.69) is 41.5 Å². The largest absolute Gasteiger partial charge is 0.472 e. The number of aliphatic hydroxyl groups excluding tert-OH is 1. The lowest BCUT2D eigenvalue weighted by atomic mass is 10.00.